The summed E-state index contributed by atoms with van der Waals surface area (Å²) in [7, 11) is 0. The summed E-state index contributed by atoms with van der Waals surface area (Å²) in [6.45, 7) is 3.96. The summed E-state index contributed by atoms with van der Waals surface area (Å²) >= 11 is 5.66. The molecule has 4 nitrogen and oxygen atoms in total. The number of aliphatic hydroxyl groups is 1. The van der Waals surface area contributed by atoms with Crippen molar-refractivity contribution in [2.24, 2.45) is 0 Å². The third-order valence-corrected chi connectivity index (χ3v) is 3.05. The maximum absolute atomic E-state index is 11.6. The zero-order chi connectivity index (χ0) is 12.2. The molecule has 0 bridgehead atoms. The number of rotatable bonds is 5. The van der Waals surface area contributed by atoms with Gasteiger partial charge in [0.2, 0.25) is 5.22 Å². The average Bonchev–Trinajstić information content (AvgIpc) is 2.72. The van der Waals surface area contributed by atoms with E-state index in [0.717, 1.165) is 0 Å². The molecule has 90 valence electrons. The predicted molar refractivity (Wildman–Crippen MR) is 61.6 cm³/mol. The van der Waals surface area contributed by atoms with Crippen molar-refractivity contribution in [2.75, 3.05) is 6.54 Å². The molecule has 0 aromatic carbocycles. The van der Waals surface area contributed by atoms with Crippen molar-refractivity contribution in [3.63, 3.8) is 0 Å². The van der Waals surface area contributed by atoms with Gasteiger partial charge in [-0.1, -0.05) is 13.8 Å². The van der Waals surface area contributed by atoms with Crippen LogP contribution in [0.4, 0.5) is 0 Å². The van der Waals surface area contributed by atoms with Crippen molar-refractivity contribution in [1.29, 1.82) is 0 Å². The molecule has 1 aromatic rings. The maximum Gasteiger partial charge on any atom is 0.256 e. The molecule has 0 fully saturated rings. The molecule has 0 aliphatic carbocycles. The zero-order valence-electron chi connectivity index (χ0n) is 9.42. The molecule has 0 aliphatic heterocycles. The molecule has 1 aromatic heterocycles. The van der Waals surface area contributed by atoms with Crippen molar-refractivity contribution >= 4 is 17.5 Å². The highest BCUT2D eigenvalue weighted by atomic mass is 35.5. The van der Waals surface area contributed by atoms with E-state index in [4.69, 9.17) is 16.0 Å². The minimum absolute atomic E-state index is 0.0639. The monoisotopic (exact) mass is 245 g/mol. The Bertz CT molecular complexity index is 358. The average molecular weight is 246 g/mol. The van der Waals surface area contributed by atoms with Crippen LogP contribution in [0.3, 0.4) is 0 Å². The number of carbonyl (C=O) groups is 1. The van der Waals surface area contributed by atoms with Gasteiger partial charge in [-0.3, -0.25) is 4.79 Å². The topological polar surface area (TPSA) is 62.5 Å². The third kappa shape index (κ3) is 3.00. The smallest absolute Gasteiger partial charge is 0.256 e. The van der Waals surface area contributed by atoms with Crippen LogP contribution in [0.15, 0.2) is 16.7 Å². The molecule has 0 saturated heterocycles. The standard InChI is InChI=1S/C11H16ClNO3/c1-3-11(15,4-2)7-13-10(14)8-5-6-16-9(8)12/h5-6,15H,3-4,7H2,1-2H3,(H,13,14). The Kier molecular flexibility index (Phi) is 4.38. The van der Waals surface area contributed by atoms with Gasteiger partial charge in [0.15, 0.2) is 0 Å². The lowest BCUT2D eigenvalue weighted by Gasteiger charge is -2.25. The zero-order valence-corrected chi connectivity index (χ0v) is 10.2. The lowest BCUT2D eigenvalue weighted by atomic mass is 9.97. The molecule has 2 N–H and O–H groups in total. The molecule has 16 heavy (non-hydrogen) atoms. The minimum atomic E-state index is -0.855. The fourth-order valence-electron chi connectivity index (χ4n) is 1.30. The van der Waals surface area contributed by atoms with Gasteiger partial charge in [-0.2, -0.15) is 0 Å². The number of carbonyl (C=O) groups excluding carboxylic acids is 1. The summed E-state index contributed by atoms with van der Waals surface area (Å²) in [4.78, 5) is 11.6. The second kappa shape index (κ2) is 5.37. The van der Waals surface area contributed by atoms with E-state index in [1.807, 2.05) is 13.8 Å². The summed E-state index contributed by atoms with van der Waals surface area (Å²) in [5, 5.41) is 12.7. The van der Waals surface area contributed by atoms with E-state index in [9.17, 15) is 9.90 Å². The van der Waals surface area contributed by atoms with E-state index < -0.39 is 5.60 Å². The lowest BCUT2D eigenvalue weighted by Crippen LogP contribution is -2.42. The Labute approximate surface area is 99.6 Å². The summed E-state index contributed by atoms with van der Waals surface area (Å²) in [6.07, 6.45) is 2.52. The van der Waals surface area contributed by atoms with Gasteiger partial charge in [-0.15, -0.1) is 0 Å². The molecule has 1 amide bonds. The van der Waals surface area contributed by atoms with E-state index >= 15 is 0 Å². The molecule has 1 heterocycles. The normalized spacial score (nSPS) is 11.5. The number of nitrogens with one attached hydrogen (secondary N) is 1. The Hall–Kier alpha value is -1.00. The molecular weight excluding hydrogens is 230 g/mol. The van der Waals surface area contributed by atoms with E-state index in [2.05, 4.69) is 5.32 Å². The van der Waals surface area contributed by atoms with E-state index in [1.165, 1.54) is 12.3 Å². The van der Waals surface area contributed by atoms with Crippen LogP contribution in [0.1, 0.15) is 37.0 Å². The molecule has 1 rings (SSSR count). The van der Waals surface area contributed by atoms with Crippen molar-refractivity contribution in [1.82, 2.24) is 5.32 Å². The van der Waals surface area contributed by atoms with Crippen molar-refractivity contribution in [3.05, 3.63) is 23.1 Å². The molecule has 5 heteroatoms. The maximum atomic E-state index is 11.6. The Morgan fingerprint density at radius 1 is 1.56 bits per heavy atom. The van der Waals surface area contributed by atoms with Gasteiger partial charge in [0.25, 0.3) is 5.91 Å². The molecular formula is C11H16ClNO3. The molecule has 0 atom stereocenters. The minimum Gasteiger partial charge on any atom is -0.452 e. The highest BCUT2D eigenvalue weighted by Crippen LogP contribution is 2.17. The number of hydrogen-bond acceptors (Lipinski definition) is 3. The third-order valence-electron chi connectivity index (χ3n) is 2.76. The summed E-state index contributed by atoms with van der Waals surface area (Å²) in [6, 6.07) is 1.49. The SMILES string of the molecule is CCC(O)(CC)CNC(=O)c1ccoc1Cl. The Morgan fingerprint density at radius 2 is 2.19 bits per heavy atom. The fraction of sp³-hybridized carbons (Fsp3) is 0.545. The van der Waals surface area contributed by atoms with E-state index in [-0.39, 0.29) is 23.2 Å². The Morgan fingerprint density at radius 3 is 2.62 bits per heavy atom. The number of halogens is 1. The lowest BCUT2D eigenvalue weighted by molar-refractivity contribution is 0.0314. The molecule has 0 unspecified atom stereocenters. The van der Waals surface area contributed by atoms with Crippen LogP contribution >= 0.6 is 11.6 Å². The molecule has 0 saturated carbocycles. The first-order valence-electron chi connectivity index (χ1n) is 5.26. The second-order valence-corrected chi connectivity index (χ2v) is 4.07. The van der Waals surface area contributed by atoms with Gasteiger partial charge < -0.3 is 14.8 Å². The van der Waals surface area contributed by atoms with Gasteiger partial charge in [0.05, 0.1) is 17.4 Å². The first kappa shape index (κ1) is 13.1. The quantitative estimate of drug-likeness (QED) is 0.836. The first-order chi connectivity index (χ1) is 7.52. The molecule has 0 radical (unpaired) electrons. The van der Waals surface area contributed by atoms with Crippen LogP contribution in [-0.4, -0.2) is 23.2 Å². The van der Waals surface area contributed by atoms with Gasteiger partial charge >= 0.3 is 0 Å². The van der Waals surface area contributed by atoms with Crippen LogP contribution in [0, 0.1) is 0 Å². The van der Waals surface area contributed by atoms with Crippen LogP contribution in [0.5, 0.6) is 0 Å². The van der Waals surface area contributed by atoms with Gasteiger partial charge in [0.1, 0.15) is 0 Å². The van der Waals surface area contributed by atoms with Crippen molar-refractivity contribution in [2.45, 2.75) is 32.3 Å². The second-order valence-electron chi connectivity index (χ2n) is 3.72. The number of hydrogen-bond donors (Lipinski definition) is 2. The first-order valence-corrected chi connectivity index (χ1v) is 5.63. The van der Waals surface area contributed by atoms with E-state index in [0.29, 0.717) is 12.8 Å². The highest BCUT2D eigenvalue weighted by molar-refractivity contribution is 6.32. The van der Waals surface area contributed by atoms with Crippen molar-refractivity contribution in [3.8, 4) is 0 Å². The Balaban J connectivity index is 2.57. The van der Waals surface area contributed by atoms with Crippen LogP contribution in [0.25, 0.3) is 0 Å². The summed E-state index contributed by atoms with van der Waals surface area (Å²) < 4.78 is 4.81. The number of amides is 1. The summed E-state index contributed by atoms with van der Waals surface area (Å²) in [5.41, 5.74) is -0.567. The van der Waals surface area contributed by atoms with Crippen LogP contribution < -0.4 is 5.32 Å². The van der Waals surface area contributed by atoms with E-state index in [1.54, 1.807) is 0 Å². The van der Waals surface area contributed by atoms with Crippen LogP contribution in [-0.2, 0) is 0 Å². The fourth-order valence-corrected chi connectivity index (χ4v) is 1.50. The van der Waals surface area contributed by atoms with Gasteiger partial charge in [-0.05, 0) is 30.5 Å². The van der Waals surface area contributed by atoms with Crippen LogP contribution in [0.2, 0.25) is 5.22 Å². The summed E-state index contributed by atoms with van der Waals surface area (Å²) in [5.74, 6) is -0.334. The molecule has 0 spiro atoms. The van der Waals surface area contributed by atoms with Gasteiger partial charge in [0, 0.05) is 6.54 Å². The number of furan rings is 1. The predicted octanol–water partition coefficient (Wildman–Crippen LogP) is 2.21. The van der Waals surface area contributed by atoms with Crippen molar-refractivity contribution < 1.29 is 14.3 Å². The molecule has 0 aliphatic rings. The largest absolute Gasteiger partial charge is 0.452 e. The highest BCUT2D eigenvalue weighted by Gasteiger charge is 2.23. The van der Waals surface area contributed by atoms with Gasteiger partial charge in [-0.25, -0.2) is 0 Å².